The van der Waals surface area contributed by atoms with Gasteiger partial charge in [0.15, 0.2) is 11.4 Å². The van der Waals surface area contributed by atoms with E-state index >= 15 is 0 Å². The Kier molecular flexibility index (Phi) is 7.23. The molecular weight excluding hydrogens is 400 g/mol. The van der Waals surface area contributed by atoms with E-state index in [0.717, 1.165) is 11.1 Å². The van der Waals surface area contributed by atoms with Gasteiger partial charge in [-0.15, -0.1) is 0 Å². The van der Waals surface area contributed by atoms with Gasteiger partial charge in [-0.25, -0.2) is 9.98 Å². The van der Waals surface area contributed by atoms with E-state index in [1.165, 1.54) is 12.4 Å². The summed E-state index contributed by atoms with van der Waals surface area (Å²) < 4.78 is 0. The van der Waals surface area contributed by atoms with Gasteiger partial charge in [0.05, 0.1) is 0 Å². The lowest BCUT2D eigenvalue weighted by molar-refractivity contribution is 0.472. The molecule has 0 aliphatic heterocycles. The second kappa shape index (κ2) is 9.49. The summed E-state index contributed by atoms with van der Waals surface area (Å²) in [4.78, 5) is 8.19. The van der Waals surface area contributed by atoms with E-state index < -0.39 is 0 Å². The Hall–Kier alpha value is -3.90. The van der Waals surface area contributed by atoms with Gasteiger partial charge in [-0.05, 0) is 46.2 Å². The number of hydrogen-bond acceptors (Lipinski definition) is 6. The summed E-state index contributed by atoms with van der Waals surface area (Å²) in [6.07, 6.45) is 2.68. The van der Waals surface area contributed by atoms with Crippen LogP contribution in [0, 0.1) is 22.7 Å². The molecule has 2 aromatic rings. The number of allylic oxidation sites excluding steroid dienone is 2. The lowest BCUT2D eigenvalue weighted by Crippen LogP contribution is -2.11. The Labute approximate surface area is 189 Å². The monoisotopic (exact) mass is 428 g/mol. The molecule has 0 bridgehead atoms. The maximum Gasteiger partial charge on any atom is 0.176 e. The lowest BCUT2D eigenvalue weighted by Gasteiger charge is -2.19. The largest absolute Gasteiger partial charge is 0.507 e. The number of benzene rings is 2. The zero-order chi connectivity index (χ0) is 24.1. The molecule has 0 saturated carbocycles. The van der Waals surface area contributed by atoms with Crippen molar-refractivity contribution in [3.63, 3.8) is 0 Å². The molecule has 0 fully saturated rings. The van der Waals surface area contributed by atoms with Crippen LogP contribution in [0.25, 0.3) is 0 Å². The van der Waals surface area contributed by atoms with Gasteiger partial charge in [0, 0.05) is 23.6 Å². The summed E-state index contributed by atoms with van der Waals surface area (Å²) in [5.41, 5.74) is 2.20. The Bertz CT molecular complexity index is 1080. The van der Waals surface area contributed by atoms with Gasteiger partial charge in [-0.3, -0.25) is 0 Å². The summed E-state index contributed by atoms with van der Waals surface area (Å²) in [7, 11) is 0. The van der Waals surface area contributed by atoms with Crippen LogP contribution >= 0.6 is 0 Å². The highest BCUT2D eigenvalue weighted by Gasteiger charge is 2.16. The normalized spacial score (nSPS) is 13.1. The van der Waals surface area contributed by atoms with E-state index in [0.29, 0.717) is 11.1 Å². The molecule has 0 atom stereocenters. The predicted octanol–water partition coefficient (Wildman–Crippen LogP) is 5.49. The minimum atomic E-state index is -0.198. The maximum absolute atomic E-state index is 10.1. The van der Waals surface area contributed by atoms with Gasteiger partial charge in [-0.1, -0.05) is 53.7 Å². The first-order chi connectivity index (χ1) is 14.9. The number of nitrogens with zero attached hydrogens (tertiary/aromatic N) is 4. The molecule has 0 unspecified atom stereocenters. The molecule has 0 radical (unpaired) electrons. The first kappa shape index (κ1) is 24.4. The first-order valence-corrected chi connectivity index (χ1v) is 10.2. The van der Waals surface area contributed by atoms with Crippen molar-refractivity contribution in [2.75, 3.05) is 0 Å². The molecule has 6 nitrogen and oxygen atoms in total. The van der Waals surface area contributed by atoms with Crippen LogP contribution in [0.4, 0.5) is 0 Å². The lowest BCUT2D eigenvalue weighted by atomic mass is 9.86. The average Bonchev–Trinajstić information content (AvgIpc) is 2.70. The number of nitriles is 2. The quantitative estimate of drug-likeness (QED) is 0.495. The van der Waals surface area contributed by atoms with E-state index in [1.54, 1.807) is 24.3 Å². The van der Waals surface area contributed by atoms with Crippen LogP contribution in [0.5, 0.6) is 11.5 Å². The average molecular weight is 429 g/mol. The summed E-state index contributed by atoms with van der Waals surface area (Å²) in [6.45, 7) is 12.3. The molecule has 0 heterocycles. The minimum absolute atomic E-state index is 0.0185. The van der Waals surface area contributed by atoms with E-state index in [1.807, 2.05) is 65.8 Å². The van der Waals surface area contributed by atoms with Crippen LogP contribution < -0.4 is 0 Å². The van der Waals surface area contributed by atoms with Gasteiger partial charge in [-0.2, -0.15) is 10.5 Å². The van der Waals surface area contributed by atoms with E-state index in [4.69, 9.17) is 0 Å². The summed E-state index contributed by atoms with van der Waals surface area (Å²) in [6, 6.07) is 14.1. The molecule has 0 amide bonds. The van der Waals surface area contributed by atoms with Crippen LogP contribution in [0.1, 0.15) is 63.8 Å². The molecule has 2 rings (SSSR count). The summed E-state index contributed by atoms with van der Waals surface area (Å²) in [5.74, 6) is 0.0370. The molecule has 32 heavy (non-hydrogen) atoms. The summed E-state index contributed by atoms with van der Waals surface area (Å²) in [5, 5.41) is 39.3. The zero-order valence-electron chi connectivity index (χ0n) is 19.3. The molecular formula is C26H28N4O2. The van der Waals surface area contributed by atoms with Crippen molar-refractivity contribution in [2.24, 2.45) is 9.98 Å². The fourth-order valence-electron chi connectivity index (χ4n) is 2.80. The fourth-order valence-corrected chi connectivity index (χ4v) is 2.80. The molecule has 0 spiro atoms. The Morgan fingerprint density at radius 3 is 1.34 bits per heavy atom. The van der Waals surface area contributed by atoms with Crippen LogP contribution in [0.15, 0.2) is 57.8 Å². The van der Waals surface area contributed by atoms with Crippen molar-refractivity contribution in [2.45, 2.75) is 52.4 Å². The van der Waals surface area contributed by atoms with E-state index in [2.05, 4.69) is 9.98 Å². The van der Waals surface area contributed by atoms with Gasteiger partial charge in [0.2, 0.25) is 0 Å². The highest BCUT2D eigenvalue weighted by molar-refractivity contribution is 5.86. The van der Waals surface area contributed by atoms with Gasteiger partial charge in [0.25, 0.3) is 0 Å². The second-order valence-electron chi connectivity index (χ2n) is 9.48. The van der Waals surface area contributed by atoms with Crippen LogP contribution in [-0.4, -0.2) is 22.6 Å². The van der Waals surface area contributed by atoms with Crippen molar-refractivity contribution in [1.29, 1.82) is 10.5 Å². The zero-order valence-corrected chi connectivity index (χ0v) is 19.3. The molecule has 164 valence electrons. The van der Waals surface area contributed by atoms with Gasteiger partial charge >= 0.3 is 0 Å². The standard InChI is InChI=1S/C26H28N4O2/c1-25(2,3)19-7-9-23(31)17(11-19)15-29-21(13-27)22(14-28)30-16-18-12-20(26(4,5)6)8-10-24(18)32/h7-12,15-16,31-32H,1-6H3/b22-21-,29-15?,30-16?. The molecule has 0 saturated heterocycles. The molecule has 2 aromatic carbocycles. The Balaban J connectivity index is 2.44. The van der Waals surface area contributed by atoms with E-state index in [-0.39, 0.29) is 33.7 Å². The number of aliphatic imine (C=N–C) groups is 2. The summed E-state index contributed by atoms with van der Waals surface area (Å²) >= 11 is 0. The predicted molar refractivity (Wildman–Crippen MR) is 127 cm³/mol. The maximum atomic E-state index is 10.1. The highest BCUT2D eigenvalue weighted by Crippen LogP contribution is 2.28. The number of hydrogen-bond donors (Lipinski definition) is 2. The Morgan fingerprint density at radius 1 is 0.719 bits per heavy atom. The molecule has 2 N–H and O–H groups in total. The van der Waals surface area contributed by atoms with Crippen LogP contribution in [0.2, 0.25) is 0 Å². The molecule has 0 aliphatic carbocycles. The SMILES string of the molecule is CC(C)(C)c1ccc(O)c(C=N/C(C#N)=C(/C#N)N=Cc2cc(C(C)(C)C)ccc2O)c1. The van der Waals surface area contributed by atoms with E-state index in [9.17, 15) is 20.7 Å². The smallest absolute Gasteiger partial charge is 0.176 e. The second-order valence-corrected chi connectivity index (χ2v) is 9.48. The number of phenols is 2. The highest BCUT2D eigenvalue weighted by atomic mass is 16.3. The molecule has 0 aliphatic rings. The number of aromatic hydroxyl groups is 2. The van der Waals surface area contributed by atoms with Crippen LogP contribution in [0.3, 0.4) is 0 Å². The third kappa shape index (κ3) is 6.06. The fraction of sp³-hybridized carbons (Fsp3) is 0.308. The van der Waals surface area contributed by atoms with Crippen molar-refractivity contribution in [1.82, 2.24) is 0 Å². The topological polar surface area (TPSA) is 113 Å². The van der Waals surface area contributed by atoms with Crippen molar-refractivity contribution < 1.29 is 10.2 Å². The Morgan fingerprint density at radius 2 is 1.06 bits per heavy atom. The number of phenolic OH excluding ortho intramolecular Hbond substituents is 2. The number of rotatable bonds is 4. The minimum Gasteiger partial charge on any atom is -0.507 e. The molecule has 0 aromatic heterocycles. The van der Waals surface area contributed by atoms with Crippen LogP contribution in [-0.2, 0) is 10.8 Å². The third-order valence-corrected chi connectivity index (χ3v) is 4.89. The van der Waals surface area contributed by atoms with Crippen molar-refractivity contribution in [3.8, 4) is 23.6 Å². The van der Waals surface area contributed by atoms with Gasteiger partial charge < -0.3 is 10.2 Å². The first-order valence-electron chi connectivity index (χ1n) is 10.2. The molecule has 6 heteroatoms. The third-order valence-electron chi connectivity index (χ3n) is 4.89. The van der Waals surface area contributed by atoms with Crippen molar-refractivity contribution >= 4 is 12.4 Å². The van der Waals surface area contributed by atoms with Gasteiger partial charge in [0.1, 0.15) is 23.6 Å². The van der Waals surface area contributed by atoms with Crippen molar-refractivity contribution in [3.05, 3.63) is 70.0 Å².